The summed E-state index contributed by atoms with van der Waals surface area (Å²) in [5.41, 5.74) is 0.171. The first-order chi connectivity index (χ1) is 6.58. The van der Waals surface area contributed by atoms with Crippen LogP contribution in [-0.4, -0.2) is 22.6 Å². The standard InChI is InChI=1S/C11H20O2S/c1-3-9(2)7-14-8-11(4-5-11)6-10(12)13/h9H,3-8H2,1-2H3,(H,12,13). The molecule has 0 spiro atoms. The smallest absolute Gasteiger partial charge is 0.303 e. The summed E-state index contributed by atoms with van der Waals surface area (Å²) >= 11 is 1.93. The van der Waals surface area contributed by atoms with E-state index in [2.05, 4.69) is 13.8 Å². The van der Waals surface area contributed by atoms with E-state index in [0.717, 1.165) is 24.5 Å². The van der Waals surface area contributed by atoms with Crippen molar-refractivity contribution in [3.8, 4) is 0 Å². The number of hydrogen-bond donors (Lipinski definition) is 1. The van der Waals surface area contributed by atoms with Crippen molar-refractivity contribution in [3.05, 3.63) is 0 Å². The molecule has 1 aliphatic rings. The van der Waals surface area contributed by atoms with Gasteiger partial charge in [-0.2, -0.15) is 11.8 Å². The molecule has 1 unspecified atom stereocenters. The van der Waals surface area contributed by atoms with Gasteiger partial charge in [0.05, 0.1) is 6.42 Å². The van der Waals surface area contributed by atoms with Gasteiger partial charge in [0, 0.05) is 0 Å². The molecule has 1 aliphatic carbocycles. The molecule has 0 aromatic carbocycles. The van der Waals surface area contributed by atoms with Gasteiger partial charge in [0.25, 0.3) is 0 Å². The first-order valence-electron chi connectivity index (χ1n) is 5.37. The maximum absolute atomic E-state index is 10.6. The minimum atomic E-state index is -0.633. The summed E-state index contributed by atoms with van der Waals surface area (Å²) in [6, 6.07) is 0. The SMILES string of the molecule is CCC(C)CSCC1(CC(=O)O)CC1. The van der Waals surface area contributed by atoms with E-state index >= 15 is 0 Å². The summed E-state index contributed by atoms with van der Waals surface area (Å²) in [6.07, 6.45) is 3.83. The molecule has 3 heteroatoms. The van der Waals surface area contributed by atoms with Crippen LogP contribution in [0.5, 0.6) is 0 Å². The number of rotatable bonds is 7. The van der Waals surface area contributed by atoms with Gasteiger partial charge in [-0.1, -0.05) is 20.3 Å². The van der Waals surface area contributed by atoms with Crippen LogP contribution in [0.3, 0.4) is 0 Å². The summed E-state index contributed by atoms with van der Waals surface area (Å²) in [5.74, 6) is 2.36. The maximum atomic E-state index is 10.6. The predicted octanol–water partition coefficient (Wildman–Crippen LogP) is 3.02. The molecule has 0 aromatic rings. The minimum Gasteiger partial charge on any atom is -0.481 e. The molecular formula is C11H20O2S. The van der Waals surface area contributed by atoms with Gasteiger partial charge < -0.3 is 5.11 Å². The zero-order valence-electron chi connectivity index (χ0n) is 9.08. The van der Waals surface area contributed by atoms with Crippen LogP contribution in [0, 0.1) is 11.3 Å². The first-order valence-corrected chi connectivity index (χ1v) is 6.53. The van der Waals surface area contributed by atoms with E-state index in [1.54, 1.807) is 0 Å². The highest BCUT2D eigenvalue weighted by Crippen LogP contribution is 2.51. The van der Waals surface area contributed by atoms with E-state index in [0.29, 0.717) is 6.42 Å². The van der Waals surface area contributed by atoms with Crippen molar-refractivity contribution in [3.63, 3.8) is 0 Å². The molecule has 1 fully saturated rings. The molecule has 0 saturated heterocycles. The molecule has 1 atom stereocenters. The summed E-state index contributed by atoms with van der Waals surface area (Å²) in [5, 5.41) is 8.73. The second-order valence-electron chi connectivity index (χ2n) is 4.60. The second-order valence-corrected chi connectivity index (χ2v) is 5.63. The lowest BCUT2D eigenvalue weighted by Crippen LogP contribution is -2.12. The third-order valence-electron chi connectivity index (χ3n) is 2.99. The Hall–Kier alpha value is -0.180. The fourth-order valence-corrected chi connectivity index (χ4v) is 3.04. The lowest BCUT2D eigenvalue weighted by atomic mass is 10.1. The summed E-state index contributed by atoms with van der Waals surface area (Å²) in [7, 11) is 0. The molecule has 0 radical (unpaired) electrons. The average molecular weight is 216 g/mol. The van der Waals surface area contributed by atoms with Gasteiger partial charge in [0.1, 0.15) is 0 Å². The molecule has 0 aliphatic heterocycles. The normalized spacial score (nSPS) is 20.4. The van der Waals surface area contributed by atoms with Crippen molar-refractivity contribution in [1.82, 2.24) is 0 Å². The Morgan fingerprint density at radius 1 is 1.57 bits per heavy atom. The van der Waals surface area contributed by atoms with E-state index < -0.39 is 5.97 Å². The molecule has 0 bridgehead atoms. The van der Waals surface area contributed by atoms with Crippen LogP contribution in [0.2, 0.25) is 0 Å². The van der Waals surface area contributed by atoms with Gasteiger partial charge in [0.15, 0.2) is 0 Å². The third-order valence-corrected chi connectivity index (χ3v) is 4.61. The molecule has 2 nitrogen and oxygen atoms in total. The third kappa shape index (κ3) is 3.91. The van der Waals surface area contributed by atoms with Crippen LogP contribution < -0.4 is 0 Å². The topological polar surface area (TPSA) is 37.3 Å². The van der Waals surface area contributed by atoms with Crippen molar-refractivity contribution < 1.29 is 9.90 Å². The monoisotopic (exact) mass is 216 g/mol. The molecule has 14 heavy (non-hydrogen) atoms. The number of thioether (sulfide) groups is 1. The highest BCUT2D eigenvalue weighted by atomic mass is 32.2. The van der Waals surface area contributed by atoms with Gasteiger partial charge in [-0.3, -0.25) is 4.79 Å². The van der Waals surface area contributed by atoms with Gasteiger partial charge in [-0.15, -0.1) is 0 Å². The maximum Gasteiger partial charge on any atom is 0.303 e. The molecule has 0 amide bonds. The van der Waals surface area contributed by atoms with Crippen LogP contribution >= 0.6 is 11.8 Å². The fourth-order valence-electron chi connectivity index (χ4n) is 1.46. The van der Waals surface area contributed by atoms with Crippen molar-refractivity contribution in [2.75, 3.05) is 11.5 Å². The number of hydrogen-bond acceptors (Lipinski definition) is 2. The van der Waals surface area contributed by atoms with Crippen LogP contribution in [0.4, 0.5) is 0 Å². The van der Waals surface area contributed by atoms with Gasteiger partial charge >= 0.3 is 5.97 Å². The Morgan fingerprint density at radius 3 is 2.64 bits per heavy atom. The van der Waals surface area contributed by atoms with Crippen LogP contribution in [-0.2, 0) is 4.79 Å². The van der Waals surface area contributed by atoms with Crippen molar-refractivity contribution in [2.45, 2.75) is 39.5 Å². The van der Waals surface area contributed by atoms with Gasteiger partial charge in [-0.05, 0) is 35.7 Å². The quantitative estimate of drug-likeness (QED) is 0.710. The zero-order chi connectivity index (χ0) is 10.6. The highest BCUT2D eigenvalue weighted by Gasteiger charge is 2.43. The zero-order valence-corrected chi connectivity index (χ0v) is 9.90. The highest BCUT2D eigenvalue weighted by molar-refractivity contribution is 7.99. The first kappa shape index (κ1) is 11.9. The molecule has 1 N–H and O–H groups in total. The summed E-state index contributed by atoms with van der Waals surface area (Å²) < 4.78 is 0. The molecule has 1 saturated carbocycles. The van der Waals surface area contributed by atoms with Crippen molar-refractivity contribution in [1.29, 1.82) is 0 Å². The Labute approximate surface area is 90.5 Å². The number of carboxylic acid groups (broad SMARTS) is 1. The molecule has 82 valence electrons. The molecular weight excluding hydrogens is 196 g/mol. The van der Waals surface area contributed by atoms with Gasteiger partial charge in [-0.25, -0.2) is 0 Å². The van der Waals surface area contributed by atoms with E-state index in [9.17, 15) is 4.79 Å². The Balaban J connectivity index is 2.14. The Kier molecular flexibility index (Phi) is 4.30. The molecule has 0 heterocycles. The second kappa shape index (κ2) is 5.06. The van der Waals surface area contributed by atoms with E-state index in [-0.39, 0.29) is 5.41 Å². The average Bonchev–Trinajstić information content (AvgIpc) is 2.83. The van der Waals surface area contributed by atoms with Crippen LogP contribution in [0.25, 0.3) is 0 Å². The summed E-state index contributed by atoms with van der Waals surface area (Å²) in [4.78, 5) is 10.6. The lowest BCUT2D eigenvalue weighted by Gasteiger charge is -2.13. The van der Waals surface area contributed by atoms with Crippen molar-refractivity contribution >= 4 is 17.7 Å². The minimum absolute atomic E-state index is 0.171. The van der Waals surface area contributed by atoms with Crippen molar-refractivity contribution in [2.24, 2.45) is 11.3 Å². The van der Waals surface area contributed by atoms with Crippen LogP contribution in [0.15, 0.2) is 0 Å². The Bertz CT molecular complexity index is 199. The van der Waals surface area contributed by atoms with E-state index in [1.807, 2.05) is 11.8 Å². The number of aliphatic carboxylic acids is 1. The Morgan fingerprint density at radius 2 is 2.21 bits per heavy atom. The number of carboxylic acids is 1. The predicted molar refractivity (Wildman–Crippen MR) is 60.7 cm³/mol. The molecule has 1 rings (SSSR count). The van der Waals surface area contributed by atoms with E-state index in [1.165, 1.54) is 12.2 Å². The van der Waals surface area contributed by atoms with E-state index in [4.69, 9.17) is 5.11 Å². The van der Waals surface area contributed by atoms with Crippen LogP contribution in [0.1, 0.15) is 39.5 Å². The fraction of sp³-hybridized carbons (Fsp3) is 0.909. The number of carbonyl (C=O) groups is 1. The summed E-state index contributed by atoms with van der Waals surface area (Å²) in [6.45, 7) is 4.46. The van der Waals surface area contributed by atoms with Gasteiger partial charge in [0.2, 0.25) is 0 Å². The lowest BCUT2D eigenvalue weighted by molar-refractivity contribution is -0.138. The largest absolute Gasteiger partial charge is 0.481 e. The molecule has 0 aromatic heterocycles.